The van der Waals surface area contributed by atoms with Crippen LogP contribution in [0, 0.1) is 0 Å². The average Bonchev–Trinajstić information content (AvgIpc) is 2.62. The Hall–Kier alpha value is -3.22. The molecule has 1 aromatic carbocycles. The van der Waals surface area contributed by atoms with Gasteiger partial charge in [-0.15, -0.1) is 0 Å². The van der Waals surface area contributed by atoms with Gasteiger partial charge in [0, 0.05) is 29.9 Å². The first kappa shape index (κ1) is 18.1. The third kappa shape index (κ3) is 5.42. The number of hydrogen-bond donors (Lipinski definition) is 1. The number of anilines is 1. The molecular weight excluding hydrogens is 324 g/mol. The summed E-state index contributed by atoms with van der Waals surface area (Å²) in [4.78, 5) is 46.5. The summed E-state index contributed by atoms with van der Waals surface area (Å²) in [5, 5.41) is 2.67. The maximum Gasteiger partial charge on any atom is 0.326 e. The Morgan fingerprint density at radius 3 is 2.44 bits per heavy atom. The fourth-order valence-electron chi connectivity index (χ4n) is 1.99. The Morgan fingerprint density at radius 2 is 1.80 bits per heavy atom. The Labute approximate surface area is 144 Å². The molecule has 0 aliphatic rings. The van der Waals surface area contributed by atoms with E-state index < -0.39 is 12.6 Å². The summed E-state index contributed by atoms with van der Waals surface area (Å²) >= 11 is 0. The highest BCUT2D eigenvalue weighted by Crippen LogP contribution is 2.10. The molecule has 0 saturated heterocycles. The van der Waals surface area contributed by atoms with Crippen molar-refractivity contribution in [2.45, 2.75) is 19.9 Å². The summed E-state index contributed by atoms with van der Waals surface area (Å²) in [7, 11) is 0. The van der Waals surface area contributed by atoms with Gasteiger partial charge in [0.05, 0.1) is 0 Å². The van der Waals surface area contributed by atoms with Crippen LogP contribution in [-0.2, 0) is 20.9 Å². The van der Waals surface area contributed by atoms with E-state index in [2.05, 4.69) is 5.32 Å². The molecular formula is C18H18N2O5. The second-order valence-corrected chi connectivity index (χ2v) is 5.23. The van der Waals surface area contributed by atoms with Gasteiger partial charge in [0.2, 0.25) is 5.91 Å². The molecule has 0 spiro atoms. The van der Waals surface area contributed by atoms with E-state index in [4.69, 9.17) is 4.74 Å². The minimum Gasteiger partial charge on any atom is -0.456 e. The van der Waals surface area contributed by atoms with Crippen molar-refractivity contribution in [3.8, 4) is 0 Å². The minimum atomic E-state index is -0.673. The minimum absolute atomic E-state index is 0.121. The fraction of sp³-hybridized carbons (Fsp3) is 0.222. The summed E-state index contributed by atoms with van der Waals surface area (Å²) in [6.07, 6.45) is 1.83. The molecule has 1 aromatic heterocycles. The van der Waals surface area contributed by atoms with Gasteiger partial charge in [0.1, 0.15) is 6.54 Å². The predicted octanol–water partition coefficient (Wildman–Crippen LogP) is 1.62. The van der Waals surface area contributed by atoms with Gasteiger partial charge in [-0.05, 0) is 30.3 Å². The molecule has 0 bridgehead atoms. The predicted molar refractivity (Wildman–Crippen MR) is 91.4 cm³/mol. The van der Waals surface area contributed by atoms with Crippen LogP contribution < -0.4 is 10.9 Å². The number of ketones is 1. The van der Waals surface area contributed by atoms with Gasteiger partial charge in [-0.1, -0.05) is 13.0 Å². The number of esters is 1. The van der Waals surface area contributed by atoms with Crippen molar-refractivity contribution in [1.29, 1.82) is 0 Å². The number of ether oxygens (including phenoxy) is 1. The van der Waals surface area contributed by atoms with E-state index in [1.54, 1.807) is 43.3 Å². The second-order valence-electron chi connectivity index (χ2n) is 5.23. The molecule has 7 nitrogen and oxygen atoms in total. The van der Waals surface area contributed by atoms with E-state index in [1.165, 1.54) is 16.8 Å². The molecule has 0 atom stereocenters. The lowest BCUT2D eigenvalue weighted by molar-refractivity contribution is -0.143. The molecule has 0 aliphatic heterocycles. The van der Waals surface area contributed by atoms with Crippen LogP contribution in [0.25, 0.3) is 0 Å². The van der Waals surface area contributed by atoms with Crippen molar-refractivity contribution in [3.05, 3.63) is 64.6 Å². The zero-order chi connectivity index (χ0) is 18.2. The van der Waals surface area contributed by atoms with Crippen LogP contribution in [0.1, 0.15) is 23.7 Å². The molecule has 1 N–H and O–H groups in total. The van der Waals surface area contributed by atoms with Crippen molar-refractivity contribution in [1.82, 2.24) is 4.57 Å². The number of nitrogens with zero attached hydrogens (tertiary/aromatic N) is 1. The molecule has 0 saturated carbocycles. The summed E-state index contributed by atoms with van der Waals surface area (Å²) in [5.74, 6) is -1.17. The maximum atomic E-state index is 12.0. The number of rotatable bonds is 7. The highest BCUT2D eigenvalue weighted by atomic mass is 16.5. The van der Waals surface area contributed by atoms with Gasteiger partial charge < -0.3 is 14.6 Å². The van der Waals surface area contributed by atoms with Gasteiger partial charge in [-0.25, -0.2) is 0 Å². The van der Waals surface area contributed by atoms with Gasteiger partial charge >= 0.3 is 5.97 Å². The van der Waals surface area contributed by atoms with Crippen LogP contribution in [0.4, 0.5) is 5.69 Å². The van der Waals surface area contributed by atoms with E-state index in [-0.39, 0.29) is 23.8 Å². The quantitative estimate of drug-likeness (QED) is 0.609. The molecule has 0 unspecified atom stereocenters. The van der Waals surface area contributed by atoms with Crippen LogP contribution in [-0.4, -0.2) is 28.8 Å². The second kappa shape index (κ2) is 8.58. The number of pyridine rings is 1. The third-order valence-corrected chi connectivity index (χ3v) is 3.37. The number of Topliss-reactive ketones (excluding diaryl/α,β-unsaturated/α-hetero) is 1. The number of aromatic nitrogens is 1. The normalized spacial score (nSPS) is 10.1. The van der Waals surface area contributed by atoms with Crippen molar-refractivity contribution >= 4 is 23.3 Å². The molecule has 130 valence electrons. The van der Waals surface area contributed by atoms with Crippen molar-refractivity contribution in [3.63, 3.8) is 0 Å². The lowest BCUT2D eigenvalue weighted by Crippen LogP contribution is -2.25. The fourth-order valence-corrected chi connectivity index (χ4v) is 1.99. The standard InChI is InChI=1S/C18H18N2O5/c1-2-16(22)19-14-8-6-13(7-9-14)15(21)12-25-18(24)11-20-10-4-3-5-17(20)23/h3-10H,2,11-12H2,1H3,(H,19,22). The molecule has 0 fully saturated rings. The largest absolute Gasteiger partial charge is 0.456 e. The van der Waals surface area contributed by atoms with E-state index in [1.807, 2.05) is 0 Å². The van der Waals surface area contributed by atoms with Crippen molar-refractivity contribution in [2.75, 3.05) is 11.9 Å². The third-order valence-electron chi connectivity index (χ3n) is 3.37. The molecule has 7 heteroatoms. The van der Waals surface area contributed by atoms with Gasteiger partial charge in [-0.3, -0.25) is 19.2 Å². The Morgan fingerprint density at radius 1 is 1.08 bits per heavy atom. The van der Waals surface area contributed by atoms with Crippen molar-refractivity contribution in [2.24, 2.45) is 0 Å². The number of amides is 1. The van der Waals surface area contributed by atoms with Crippen LogP contribution in [0.2, 0.25) is 0 Å². The number of hydrogen-bond acceptors (Lipinski definition) is 5. The molecule has 1 heterocycles. The lowest BCUT2D eigenvalue weighted by Gasteiger charge is -2.07. The molecule has 0 radical (unpaired) electrons. The van der Waals surface area contributed by atoms with Crippen LogP contribution in [0.3, 0.4) is 0 Å². The van der Waals surface area contributed by atoms with Gasteiger partial charge in [0.25, 0.3) is 5.56 Å². The number of carbonyl (C=O) groups excluding carboxylic acids is 3. The Balaban J connectivity index is 1.87. The molecule has 1 amide bonds. The lowest BCUT2D eigenvalue weighted by atomic mass is 10.1. The first-order chi connectivity index (χ1) is 12.0. The Bertz CT molecular complexity index is 824. The average molecular weight is 342 g/mol. The highest BCUT2D eigenvalue weighted by Gasteiger charge is 2.11. The molecule has 25 heavy (non-hydrogen) atoms. The maximum absolute atomic E-state index is 12.0. The smallest absolute Gasteiger partial charge is 0.326 e. The summed E-state index contributed by atoms with van der Waals surface area (Å²) < 4.78 is 6.10. The van der Waals surface area contributed by atoms with E-state index in [0.717, 1.165) is 0 Å². The van der Waals surface area contributed by atoms with Crippen LogP contribution in [0.5, 0.6) is 0 Å². The molecule has 0 aliphatic carbocycles. The van der Waals surface area contributed by atoms with Crippen LogP contribution >= 0.6 is 0 Å². The zero-order valence-corrected chi connectivity index (χ0v) is 13.7. The number of carbonyl (C=O) groups is 3. The van der Waals surface area contributed by atoms with Gasteiger partial charge in [-0.2, -0.15) is 0 Å². The monoisotopic (exact) mass is 342 g/mol. The number of benzene rings is 1. The Kier molecular flexibility index (Phi) is 6.22. The zero-order valence-electron chi connectivity index (χ0n) is 13.7. The first-order valence-electron chi connectivity index (χ1n) is 7.74. The molecule has 2 rings (SSSR count). The van der Waals surface area contributed by atoms with Crippen LogP contribution in [0.15, 0.2) is 53.5 Å². The summed E-state index contributed by atoms with van der Waals surface area (Å²) in [6.45, 7) is 1.07. The highest BCUT2D eigenvalue weighted by molar-refractivity contribution is 5.98. The van der Waals surface area contributed by atoms with E-state index in [0.29, 0.717) is 17.7 Å². The summed E-state index contributed by atoms with van der Waals surface area (Å²) in [5.41, 5.74) is 0.624. The number of nitrogens with one attached hydrogen (secondary N) is 1. The van der Waals surface area contributed by atoms with E-state index >= 15 is 0 Å². The van der Waals surface area contributed by atoms with Crippen molar-refractivity contribution < 1.29 is 19.1 Å². The summed E-state index contributed by atoms with van der Waals surface area (Å²) in [6, 6.07) is 10.8. The molecule has 2 aromatic rings. The van der Waals surface area contributed by atoms with E-state index in [9.17, 15) is 19.2 Å². The SMILES string of the molecule is CCC(=O)Nc1ccc(C(=O)COC(=O)Cn2ccccc2=O)cc1. The first-order valence-corrected chi connectivity index (χ1v) is 7.74. The van der Waals surface area contributed by atoms with Gasteiger partial charge in [0.15, 0.2) is 12.4 Å². The topological polar surface area (TPSA) is 94.5 Å².